The summed E-state index contributed by atoms with van der Waals surface area (Å²) in [6.45, 7) is 4.26. The maximum Gasteiger partial charge on any atom is 0.339 e. The number of hydrogen-bond acceptors (Lipinski definition) is 4. The summed E-state index contributed by atoms with van der Waals surface area (Å²) in [7, 11) is 0. The summed E-state index contributed by atoms with van der Waals surface area (Å²) in [5.74, 6) is 0.544. The van der Waals surface area contributed by atoms with Crippen LogP contribution in [0.2, 0.25) is 0 Å². The van der Waals surface area contributed by atoms with E-state index in [2.05, 4.69) is 6.07 Å². The van der Waals surface area contributed by atoms with Crippen LogP contribution < -0.4 is 10.4 Å². The van der Waals surface area contributed by atoms with Crippen molar-refractivity contribution in [3.8, 4) is 11.5 Å². The zero-order chi connectivity index (χ0) is 15.7. The second-order valence-electron chi connectivity index (χ2n) is 5.29. The third kappa shape index (κ3) is 2.68. The zero-order valence-electron chi connectivity index (χ0n) is 12.4. The molecular formula is C18H16O4. The van der Waals surface area contributed by atoms with Crippen LogP contribution in [0.4, 0.5) is 0 Å². The van der Waals surface area contributed by atoms with Crippen LogP contribution >= 0.6 is 0 Å². The van der Waals surface area contributed by atoms with Gasteiger partial charge in [0.1, 0.15) is 23.7 Å². The van der Waals surface area contributed by atoms with Gasteiger partial charge in [-0.05, 0) is 31.5 Å². The van der Waals surface area contributed by atoms with E-state index in [1.165, 1.54) is 5.56 Å². The molecule has 4 heteroatoms. The van der Waals surface area contributed by atoms with Crippen LogP contribution in [0.5, 0.6) is 11.5 Å². The fourth-order valence-electron chi connectivity index (χ4n) is 2.45. The molecular weight excluding hydrogens is 280 g/mol. The first-order valence-corrected chi connectivity index (χ1v) is 6.99. The van der Waals surface area contributed by atoms with Crippen molar-refractivity contribution in [3.05, 3.63) is 69.6 Å². The van der Waals surface area contributed by atoms with Gasteiger partial charge >= 0.3 is 5.63 Å². The third-order valence-electron chi connectivity index (χ3n) is 3.57. The molecule has 0 unspecified atom stereocenters. The van der Waals surface area contributed by atoms with Gasteiger partial charge in [-0.1, -0.05) is 29.8 Å². The van der Waals surface area contributed by atoms with Gasteiger partial charge in [0, 0.05) is 5.56 Å². The average Bonchev–Trinajstić information content (AvgIpc) is 2.47. The summed E-state index contributed by atoms with van der Waals surface area (Å²) < 4.78 is 11.0. The van der Waals surface area contributed by atoms with Gasteiger partial charge in [0.2, 0.25) is 0 Å². The maximum atomic E-state index is 11.4. The Hall–Kier alpha value is -2.75. The van der Waals surface area contributed by atoms with Crippen molar-refractivity contribution < 1.29 is 14.3 Å². The lowest BCUT2D eigenvalue weighted by molar-refractivity contribution is 0.304. The number of hydrogen-bond donors (Lipinski definition) is 1. The number of aromatic hydroxyl groups is 1. The Labute approximate surface area is 127 Å². The van der Waals surface area contributed by atoms with Crippen molar-refractivity contribution in [2.24, 2.45) is 0 Å². The van der Waals surface area contributed by atoms with E-state index in [0.717, 1.165) is 11.6 Å². The van der Waals surface area contributed by atoms with Crippen LogP contribution in [0.3, 0.4) is 0 Å². The van der Waals surface area contributed by atoms with Gasteiger partial charge in [-0.3, -0.25) is 0 Å². The van der Waals surface area contributed by atoms with Gasteiger partial charge in [-0.25, -0.2) is 4.79 Å². The van der Waals surface area contributed by atoms with Crippen LogP contribution in [0, 0.1) is 13.8 Å². The van der Waals surface area contributed by atoms with E-state index in [4.69, 9.17) is 9.15 Å². The fourth-order valence-corrected chi connectivity index (χ4v) is 2.45. The second-order valence-corrected chi connectivity index (χ2v) is 5.29. The highest BCUT2D eigenvalue weighted by Gasteiger charge is 2.11. The molecule has 0 saturated heterocycles. The number of benzene rings is 2. The second kappa shape index (κ2) is 5.56. The Bertz CT molecular complexity index is 893. The van der Waals surface area contributed by atoms with Gasteiger partial charge < -0.3 is 14.3 Å². The lowest BCUT2D eigenvalue weighted by atomic mass is 10.1. The molecule has 0 atom stereocenters. The van der Waals surface area contributed by atoms with E-state index in [1.807, 2.05) is 25.1 Å². The van der Waals surface area contributed by atoms with Gasteiger partial charge in [0.15, 0.2) is 0 Å². The summed E-state index contributed by atoms with van der Waals surface area (Å²) in [5, 5.41) is 10.3. The van der Waals surface area contributed by atoms with Crippen LogP contribution in [-0.4, -0.2) is 5.11 Å². The molecule has 0 aliphatic carbocycles. The number of ether oxygens (including phenoxy) is 1. The minimum Gasteiger partial charge on any atom is -0.507 e. The Morgan fingerprint density at radius 2 is 1.95 bits per heavy atom. The summed E-state index contributed by atoms with van der Waals surface area (Å²) in [6.07, 6.45) is 0. The summed E-state index contributed by atoms with van der Waals surface area (Å²) in [4.78, 5) is 11.4. The average molecular weight is 296 g/mol. The molecule has 3 rings (SSSR count). The maximum absolute atomic E-state index is 11.4. The van der Waals surface area contributed by atoms with E-state index in [-0.39, 0.29) is 5.75 Å². The number of rotatable bonds is 3. The van der Waals surface area contributed by atoms with Crippen molar-refractivity contribution in [1.82, 2.24) is 0 Å². The first-order chi connectivity index (χ1) is 10.5. The minimum atomic E-state index is -0.580. The van der Waals surface area contributed by atoms with Crippen molar-refractivity contribution in [2.45, 2.75) is 20.5 Å². The monoisotopic (exact) mass is 296 g/mol. The van der Waals surface area contributed by atoms with E-state index >= 15 is 0 Å². The van der Waals surface area contributed by atoms with Crippen molar-refractivity contribution >= 4 is 11.0 Å². The topological polar surface area (TPSA) is 59.7 Å². The minimum absolute atomic E-state index is 0.0837. The highest BCUT2D eigenvalue weighted by atomic mass is 16.5. The predicted octanol–water partition coefficient (Wildman–Crippen LogP) is 3.69. The molecule has 0 saturated carbocycles. The largest absolute Gasteiger partial charge is 0.507 e. The first-order valence-electron chi connectivity index (χ1n) is 6.99. The lowest BCUT2D eigenvalue weighted by Gasteiger charge is -2.11. The molecule has 0 radical (unpaired) electrons. The van der Waals surface area contributed by atoms with Gasteiger partial charge in [0.25, 0.3) is 0 Å². The molecule has 0 amide bonds. The molecule has 0 bridgehead atoms. The Morgan fingerprint density at radius 1 is 1.14 bits per heavy atom. The van der Waals surface area contributed by atoms with Gasteiger partial charge in [-0.15, -0.1) is 0 Å². The van der Waals surface area contributed by atoms with Crippen LogP contribution in [0.15, 0.2) is 51.7 Å². The quantitative estimate of drug-likeness (QED) is 0.749. The van der Waals surface area contributed by atoms with E-state index < -0.39 is 5.63 Å². The molecule has 1 aromatic heterocycles. The highest BCUT2D eigenvalue weighted by Crippen LogP contribution is 2.31. The molecule has 4 nitrogen and oxygen atoms in total. The van der Waals surface area contributed by atoms with E-state index in [9.17, 15) is 9.90 Å². The molecule has 1 N–H and O–H groups in total. The standard InChI is InChI=1S/C18H16O4/c1-11-4-3-5-13(8-11)10-21-16-7-6-14-15(19)9-17(20)22-18(14)12(16)2/h3-9,19H,10H2,1-2H3. The van der Waals surface area contributed by atoms with Crippen molar-refractivity contribution in [1.29, 1.82) is 0 Å². The Morgan fingerprint density at radius 3 is 2.73 bits per heavy atom. The molecule has 112 valence electrons. The molecule has 0 spiro atoms. The predicted molar refractivity (Wildman–Crippen MR) is 84.4 cm³/mol. The summed E-state index contributed by atoms with van der Waals surface area (Å²) >= 11 is 0. The molecule has 22 heavy (non-hydrogen) atoms. The molecule has 0 aliphatic rings. The summed E-state index contributed by atoms with van der Waals surface area (Å²) in [5.41, 5.74) is 2.71. The fraction of sp³-hybridized carbons (Fsp3) is 0.167. The van der Waals surface area contributed by atoms with Crippen molar-refractivity contribution in [3.63, 3.8) is 0 Å². The van der Waals surface area contributed by atoms with E-state index in [1.54, 1.807) is 19.1 Å². The summed E-state index contributed by atoms with van der Waals surface area (Å²) in [6, 6.07) is 12.6. The number of fused-ring (bicyclic) bond motifs is 1. The molecule has 0 aliphatic heterocycles. The van der Waals surface area contributed by atoms with Gasteiger partial charge in [0.05, 0.1) is 11.5 Å². The third-order valence-corrected chi connectivity index (χ3v) is 3.57. The Kier molecular flexibility index (Phi) is 3.59. The molecule has 0 fully saturated rings. The highest BCUT2D eigenvalue weighted by molar-refractivity contribution is 5.86. The molecule has 2 aromatic carbocycles. The first kappa shape index (κ1) is 14.2. The number of aryl methyl sites for hydroxylation is 2. The molecule has 3 aromatic rings. The SMILES string of the molecule is Cc1cccc(COc2ccc3c(O)cc(=O)oc3c2C)c1. The smallest absolute Gasteiger partial charge is 0.339 e. The van der Waals surface area contributed by atoms with E-state index in [0.29, 0.717) is 28.9 Å². The van der Waals surface area contributed by atoms with Crippen LogP contribution in [-0.2, 0) is 6.61 Å². The molecule has 1 heterocycles. The normalized spacial score (nSPS) is 10.8. The van der Waals surface area contributed by atoms with Crippen molar-refractivity contribution in [2.75, 3.05) is 0 Å². The lowest BCUT2D eigenvalue weighted by Crippen LogP contribution is -2.00. The Balaban J connectivity index is 1.95. The van der Waals surface area contributed by atoms with Crippen LogP contribution in [0.1, 0.15) is 16.7 Å². The van der Waals surface area contributed by atoms with Crippen LogP contribution in [0.25, 0.3) is 11.0 Å². The van der Waals surface area contributed by atoms with Gasteiger partial charge in [-0.2, -0.15) is 0 Å². The zero-order valence-corrected chi connectivity index (χ0v) is 12.4.